The van der Waals surface area contributed by atoms with E-state index in [2.05, 4.69) is 20.5 Å². The number of benzene rings is 2. The average Bonchev–Trinajstić information content (AvgIpc) is 2.88. The summed E-state index contributed by atoms with van der Waals surface area (Å²) >= 11 is 0. The van der Waals surface area contributed by atoms with Gasteiger partial charge in [0.15, 0.2) is 0 Å². The smallest absolute Gasteiger partial charge is 0.222 e. The zero-order chi connectivity index (χ0) is 13.9. The molecule has 0 aliphatic rings. The summed E-state index contributed by atoms with van der Waals surface area (Å²) in [5.74, 6) is 0.779. The van der Waals surface area contributed by atoms with Gasteiger partial charge in [0.1, 0.15) is 5.75 Å². The van der Waals surface area contributed by atoms with E-state index in [1.807, 2.05) is 43.3 Å². The van der Waals surface area contributed by atoms with Gasteiger partial charge >= 0.3 is 0 Å². The lowest BCUT2D eigenvalue weighted by Gasteiger charge is -2.03. The molecule has 3 N–H and O–H groups in total. The molecule has 100 valence electrons. The number of rotatable bonds is 3. The number of anilines is 1. The minimum absolute atomic E-state index is 0.208. The summed E-state index contributed by atoms with van der Waals surface area (Å²) in [6, 6.07) is 14.8. The molecule has 0 bridgehead atoms. The fourth-order valence-corrected chi connectivity index (χ4v) is 1.98. The van der Waals surface area contributed by atoms with Crippen LogP contribution in [-0.4, -0.2) is 20.8 Å². The first-order valence-electron chi connectivity index (χ1n) is 6.27. The predicted molar refractivity (Wildman–Crippen MR) is 80.0 cm³/mol. The highest BCUT2D eigenvalue weighted by molar-refractivity contribution is 6.01. The molecule has 0 fully saturated rings. The van der Waals surface area contributed by atoms with Crippen molar-refractivity contribution in [2.75, 3.05) is 5.43 Å². The number of nitrogens with zero attached hydrogens (tertiary/aromatic N) is 2. The number of fused-ring (bicyclic) bond motifs is 1. The number of hydrogen-bond donors (Lipinski definition) is 3. The van der Waals surface area contributed by atoms with Gasteiger partial charge in [0.2, 0.25) is 5.95 Å². The van der Waals surface area contributed by atoms with E-state index in [1.54, 1.807) is 12.1 Å². The Hall–Kier alpha value is -2.82. The average molecular weight is 266 g/mol. The SMILES string of the molecule is CC(=NNc1nc2ccccc2[nH]1)c1ccccc1O. The molecule has 5 heteroatoms. The number of hydrazone groups is 1. The maximum atomic E-state index is 9.76. The summed E-state index contributed by atoms with van der Waals surface area (Å²) in [4.78, 5) is 7.49. The fraction of sp³-hybridized carbons (Fsp3) is 0.0667. The van der Waals surface area contributed by atoms with Gasteiger partial charge in [-0.1, -0.05) is 24.3 Å². The van der Waals surface area contributed by atoms with E-state index in [1.165, 1.54) is 0 Å². The number of nitrogens with one attached hydrogen (secondary N) is 2. The van der Waals surface area contributed by atoms with Crippen LogP contribution in [0.3, 0.4) is 0 Å². The summed E-state index contributed by atoms with van der Waals surface area (Å²) < 4.78 is 0. The quantitative estimate of drug-likeness (QED) is 0.503. The predicted octanol–water partition coefficient (Wildman–Crippen LogP) is 3.10. The van der Waals surface area contributed by atoms with Gasteiger partial charge in [0.05, 0.1) is 16.7 Å². The topological polar surface area (TPSA) is 73.3 Å². The van der Waals surface area contributed by atoms with Crippen molar-refractivity contribution in [2.24, 2.45) is 5.10 Å². The minimum Gasteiger partial charge on any atom is -0.507 e. The van der Waals surface area contributed by atoms with E-state index in [-0.39, 0.29) is 5.75 Å². The number of phenols is 1. The zero-order valence-corrected chi connectivity index (χ0v) is 11.0. The fourth-order valence-electron chi connectivity index (χ4n) is 1.98. The molecule has 0 spiro atoms. The van der Waals surface area contributed by atoms with Crippen molar-refractivity contribution in [3.8, 4) is 5.75 Å². The van der Waals surface area contributed by atoms with E-state index in [9.17, 15) is 5.11 Å². The van der Waals surface area contributed by atoms with Gasteiger partial charge in [-0.3, -0.25) is 0 Å². The zero-order valence-electron chi connectivity index (χ0n) is 11.0. The number of para-hydroxylation sites is 3. The Morgan fingerprint density at radius 3 is 2.70 bits per heavy atom. The van der Waals surface area contributed by atoms with E-state index in [4.69, 9.17) is 0 Å². The highest BCUT2D eigenvalue weighted by Gasteiger charge is 2.04. The number of aromatic hydroxyl groups is 1. The first kappa shape index (κ1) is 12.2. The van der Waals surface area contributed by atoms with Crippen LogP contribution < -0.4 is 5.43 Å². The molecule has 1 aromatic heterocycles. The van der Waals surface area contributed by atoms with Crippen LogP contribution in [-0.2, 0) is 0 Å². The van der Waals surface area contributed by atoms with Crippen LogP contribution in [0.15, 0.2) is 53.6 Å². The van der Waals surface area contributed by atoms with Crippen LogP contribution >= 0.6 is 0 Å². The van der Waals surface area contributed by atoms with Crippen LogP contribution in [0.2, 0.25) is 0 Å². The highest BCUT2D eigenvalue weighted by atomic mass is 16.3. The van der Waals surface area contributed by atoms with E-state index < -0.39 is 0 Å². The van der Waals surface area contributed by atoms with Crippen LogP contribution in [0, 0.1) is 0 Å². The summed E-state index contributed by atoms with van der Waals surface area (Å²) in [5.41, 5.74) is 6.07. The van der Waals surface area contributed by atoms with Crippen LogP contribution in [0.4, 0.5) is 5.95 Å². The lowest BCUT2D eigenvalue weighted by molar-refractivity contribution is 0.474. The minimum atomic E-state index is 0.208. The van der Waals surface area contributed by atoms with Crippen molar-refractivity contribution in [3.05, 3.63) is 54.1 Å². The van der Waals surface area contributed by atoms with Gasteiger partial charge in [-0.2, -0.15) is 5.10 Å². The summed E-state index contributed by atoms with van der Waals surface area (Å²) in [6.07, 6.45) is 0. The van der Waals surface area contributed by atoms with Crippen LogP contribution in [0.1, 0.15) is 12.5 Å². The van der Waals surface area contributed by atoms with Gasteiger partial charge in [-0.25, -0.2) is 10.4 Å². The number of imidazole rings is 1. The van der Waals surface area contributed by atoms with Crippen LogP contribution in [0.25, 0.3) is 11.0 Å². The molecule has 0 unspecified atom stereocenters. The number of aromatic nitrogens is 2. The van der Waals surface area contributed by atoms with Gasteiger partial charge in [-0.05, 0) is 31.2 Å². The molecule has 3 aromatic rings. The second kappa shape index (κ2) is 5.05. The summed E-state index contributed by atoms with van der Waals surface area (Å²) in [5, 5.41) is 14.0. The lowest BCUT2D eigenvalue weighted by Crippen LogP contribution is -2.00. The van der Waals surface area contributed by atoms with Crippen molar-refractivity contribution < 1.29 is 5.11 Å². The number of phenolic OH excluding ortho intramolecular Hbond substituents is 1. The number of H-pyrrole nitrogens is 1. The lowest BCUT2D eigenvalue weighted by atomic mass is 10.1. The highest BCUT2D eigenvalue weighted by Crippen LogP contribution is 2.17. The Kier molecular flexibility index (Phi) is 3.09. The van der Waals surface area contributed by atoms with Gasteiger partial charge in [0, 0.05) is 5.56 Å². The third-order valence-electron chi connectivity index (χ3n) is 3.01. The first-order chi connectivity index (χ1) is 9.74. The molecular formula is C15H14N4O. The Balaban J connectivity index is 1.84. The Labute approximate surface area is 116 Å². The Morgan fingerprint density at radius 1 is 1.15 bits per heavy atom. The maximum absolute atomic E-state index is 9.76. The maximum Gasteiger partial charge on any atom is 0.222 e. The number of aromatic amines is 1. The Morgan fingerprint density at radius 2 is 1.90 bits per heavy atom. The van der Waals surface area contributed by atoms with E-state index in [0.29, 0.717) is 17.2 Å². The van der Waals surface area contributed by atoms with Crippen molar-refractivity contribution >= 4 is 22.7 Å². The van der Waals surface area contributed by atoms with Gasteiger partial charge in [0.25, 0.3) is 0 Å². The molecule has 20 heavy (non-hydrogen) atoms. The molecule has 0 saturated carbocycles. The molecule has 5 nitrogen and oxygen atoms in total. The second-order valence-corrected chi connectivity index (χ2v) is 4.43. The largest absolute Gasteiger partial charge is 0.507 e. The summed E-state index contributed by atoms with van der Waals surface area (Å²) in [6.45, 7) is 1.82. The van der Waals surface area contributed by atoms with Gasteiger partial charge < -0.3 is 10.1 Å². The normalized spacial score (nSPS) is 11.8. The molecule has 0 saturated heterocycles. The molecule has 0 atom stereocenters. The molecular weight excluding hydrogens is 252 g/mol. The van der Waals surface area contributed by atoms with Crippen molar-refractivity contribution in [1.82, 2.24) is 9.97 Å². The van der Waals surface area contributed by atoms with E-state index >= 15 is 0 Å². The molecule has 2 aromatic carbocycles. The molecule has 3 rings (SSSR count). The van der Waals surface area contributed by atoms with Crippen LogP contribution in [0.5, 0.6) is 5.75 Å². The second-order valence-electron chi connectivity index (χ2n) is 4.43. The van der Waals surface area contributed by atoms with Crippen molar-refractivity contribution in [2.45, 2.75) is 6.92 Å². The van der Waals surface area contributed by atoms with Gasteiger partial charge in [-0.15, -0.1) is 0 Å². The van der Waals surface area contributed by atoms with E-state index in [0.717, 1.165) is 11.0 Å². The molecule has 0 aliphatic heterocycles. The third-order valence-corrected chi connectivity index (χ3v) is 3.01. The first-order valence-corrected chi connectivity index (χ1v) is 6.27. The van der Waals surface area contributed by atoms with Crippen molar-refractivity contribution in [1.29, 1.82) is 0 Å². The molecule has 0 aliphatic carbocycles. The molecule has 0 radical (unpaired) electrons. The molecule has 0 amide bonds. The Bertz CT molecular complexity index is 743. The molecule has 1 heterocycles. The number of hydrogen-bond acceptors (Lipinski definition) is 4. The third kappa shape index (κ3) is 2.33. The summed E-state index contributed by atoms with van der Waals surface area (Å²) in [7, 11) is 0. The standard InChI is InChI=1S/C15H14N4O/c1-10(11-6-2-5-9-14(11)20)18-19-15-16-12-7-3-4-8-13(12)17-15/h2-9,20H,1H3,(H2,16,17,19). The van der Waals surface area contributed by atoms with Crippen molar-refractivity contribution in [3.63, 3.8) is 0 Å². The monoisotopic (exact) mass is 266 g/mol.